The zero-order valence-electron chi connectivity index (χ0n) is 16.4. The monoisotopic (exact) mass is 366 g/mol. The van der Waals surface area contributed by atoms with Crippen LogP contribution in [0.1, 0.15) is 36.5 Å². The minimum atomic E-state index is -0.0974. The van der Waals surface area contributed by atoms with Crippen molar-refractivity contribution < 1.29 is 9.53 Å². The van der Waals surface area contributed by atoms with Crippen LogP contribution in [0.2, 0.25) is 0 Å². The molecule has 1 N–H and O–H groups in total. The molecule has 4 nitrogen and oxygen atoms in total. The Labute approximate surface area is 162 Å². The van der Waals surface area contributed by atoms with Crippen molar-refractivity contribution in [3.63, 3.8) is 0 Å². The number of nitrogens with one attached hydrogen (secondary N) is 1. The Hall–Kier alpha value is -2.33. The highest BCUT2D eigenvalue weighted by Gasteiger charge is 2.16. The fourth-order valence-electron chi connectivity index (χ4n) is 3.45. The second-order valence-electron chi connectivity index (χ2n) is 7.56. The first-order valence-electron chi connectivity index (χ1n) is 9.86. The molecule has 2 aromatic carbocycles. The lowest BCUT2D eigenvalue weighted by Gasteiger charge is -2.30. The minimum Gasteiger partial charge on any atom is -0.484 e. The van der Waals surface area contributed by atoms with E-state index in [1.165, 1.54) is 24.0 Å². The maximum Gasteiger partial charge on any atom is 0.258 e. The molecule has 0 aliphatic carbocycles. The number of ether oxygens (including phenoxy) is 1. The van der Waals surface area contributed by atoms with Crippen LogP contribution in [0, 0.1) is 12.8 Å². The van der Waals surface area contributed by atoms with E-state index in [0.717, 1.165) is 36.9 Å². The fraction of sp³-hybridized carbons (Fsp3) is 0.435. The predicted octanol–water partition coefficient (Wildman–Crippen LogP) is 3.92. The molecule has 1 heterocycles. The van der Waals surface area contributed by atoms with Gasteiger partial charge in [0.2, 0.25) is 0 Å². The summed E-state index contributed by atoms with van der Waals surface area (Å²) in [6.45, 7) is 8.16. The highest BCUT2D eigenvalue weighted by molar-refractivity contribution is 5.77. The van der Waals surface area contributed by atoms with Crippen LogP contribution in [-0.4, -0.2) is 30.5 Å². The molecule has 27 heavy (non-hydrogen) atoms. The standard InChI is InChI=1S/C23H30N2O2/c1-18-11-13-25(14-12-18)16-21-9-5-4-8-20(21)15-24-23(26)17-27-22-10-6-3-7-19(22)2/h3-10,18H,11-17H2,1-2H3,(H,24,26). The van der Waals surface area contributed by atoms with Gasteiger partial charge in [-0.1, -0.05) is 49.4 Å². The van der Waals surface area contributed by atoms with Crippen LogP contribution in [0.25, 0.3) is 0 Å². The molecule has 0 spiro atoms. The van der Waals surface area contributed by atoms with Gasteiger partial charge in [0.05, 0.1) is 0 Å². The summed E-state index contributed by atoms with van der Waals surface area (Å²) in [6.07, 6.45) is 2.55. The summed E-state index contributed by atoms with van der Waals surface area (Å²) in [7, 11) is 0. The van der Waals surface area contributed by atoms with E-state index in [1.54, 1.807) is 0 Å². The quantitative estimate of drug-likeness (QED) is 0.807. The Kier molecular flexibility index (Phi) is 6.88. The van der Waals surface area contributed by atoms with Gasteiger partial charge in [-0.25, -0.2) is 0 Å². The highest BCUT2D eigenvalue weighted by Crippen LogP contribution is 2.20. The summed E-state index contributed by atoms with van der Waals surface area (Å²) in [5.41, 5.74) is 3.51. The van der Waals surface area contributed by atoms with E-state index < -0.39 is 0 Å². The average molecular weight is 367 g/mol. The summed E-state index contributed by atoms with van der Waals surface area (Å²) < 4.78 is 5.63. The van der Waals surface area contributed by atoms with Gasteiger partial charge in [0.1, 0.15) is 5.75 Å². The molecule has 1 aliphatic rings. The van der Waals surface area contributed by atoms with Crippen molar-refractivity contribution in [3.05, 3.63) is 65.2 Å². The van der Waals surface area contributed by atoms with E-state index >= 15 is 0 Å². The molecule has 144 valence electrons. The first kappa shape index (κ1) is 19.4. The number of amides is 1. The summed E-state index contributed by atoms with van der Waals surface area (Å²) in [5.74, 6) is 1.50. The zero-order valence-corrected chi connectivity index (χ0v) is 16.4. The number of rotatable bonds is 7. The van der Waals surface area contributed by atoms with Crippen molar-refractivity contribution in [2.45, 2.75) is 39.8 Å². The SMILES string of the molecule is Cc1ccccc1OCC(=O)NCc1ccccc1CN1CCC(C)CC1. The third-order valence-electron chi connectivity index (χ3n) is 5.32. The van der Waals surface area contributed by atoms with Crippen molar-refractivity contribution in [2.75, 3.05) is 19.7 Å². The van der Waals surface area contributed by atoms with Crippen molar-refractivity contribution in [3.8, 4) is 5.75 Å². The number of piperidine rings is 1. The lowest BCUT2D eigenvalue weighted by atomic mass is 9.98. The van der Waals surface area contributed by atoms with Gasteiger partial charge in [0, 0.05) is 13.1 Å². The topological polar surface area (TPSA) is 41.6 Å². The van der Waals surface area contributed by atoms with Gasteiger partial charge >= 0.3 is 0 Å². The fourth-order valence-corrected chi connectivity index (χ4v) is 3.45. The number of aryl methyl sites for hydroxylation is 1. The summed E-state index contributed by atoms with van der Waals surface area (Å²) in [5, 5.41) is 2.99. The normalized spacial score (nSPS) is 15.5. The molecule has 1 saturated heterocycles. The first-order chi connectivity index (χ1) is 13.1. The van der Waals surface area contributed by atoms with Gasteiger partial charge in [-0.2, -0.15) is 0 Å². The lowest BCUT2D eigenvalue weighted by molar-refractivity contribution is -0.123. The van der Waals surface area contributed by atoms with E-state index in [4.69, 9.17) is 4.74 Å². The smallest absolute Gasteiger partial charge is 0.258 e. The number of nitrogens with zero attached hydrogens (tertiary/aromatic N) is 1. The van der Waals surface area contributed by atoms with Gasteiger partial charge in [-0.3, -0.25) is 9.69 Å². The number of para-hydroxylation sites is 1. The van der Waals surface area contributed by atoms with Crippen molar-refractivity contribution in [2.24, 2.45) is 5.92 Å². The van der Waals surface area contributed by atoms with Crippen LogP contribution in [0.4, 0.5) is 0 Å². The molecular weight excluding hydrogens is 336 g/mol. The van der Waals surface area contributed by atoms with Crippen molar-refractivity contribution in [1.29, 1.82) is 0 Å². The highest BCUT2D eigenvalue weighted by atomic mass is 16.5. The average Bonchev–Trinajstić information content (AvgIpc) is 2.68. The summed E-state index contributed by atoms with van der Waals surface area (Å²) in [6, 6.07) is 16.1. The van der Waals surface area contributed by atoms with Crippen LogP contribution in [0.3, 0.4) is 0 Å². The zero-order chi connectivity index (χ0) is 19.1. The predicted molar refractivity (Wildman–Crippen MR) is 109 cm³/mol. The van der Waals surface area contributed by atoms with Crippen LogP contribution in [0.15, 0.2) is 48.5 Å². The molecule has 1 fully saturated rings. The molecule has 0 saturated carbocycles. The Balaban J connectivity index is 1.50. The number of benzene rings is 2. The second kappa shape index (κ2) is 9.56. The third kappa shape index (κ3) is 5.83. The molecule has 0 radical (unpaired) electrons. The first-order valence-corrected chi connectivity index (χ1v) is 9.86. The number of carbonyl (C=O) groups excluding carboxylic acids is 1. The van der Waals surface area contributed by atoms with E-state index in [0.29, 0.717) is 6.54 Å². The Morgan fingerprint density at radius 1 is 1.07 bits per heavy atom. The molecule has 0 bridgehead atoms. The molecule has 3 rings (SSSR count). The van der Waals surface area contributed by atoms with E-state index in [9.17, 15) is 4.79 Å². The number of carbonyl (C=O) groups is 1. The molecule has 0 unspecified atom stereocenters. The van der Waals surface area contributed by atoms with Crippen molar-refractivity contribution >= 4 is 5.91 Å². The van der Waals surface area contributed by atoms with Gasteiger partial charge < -0.3 is 10.1 Å². The molecule has 1 amide bonds. The molecule has 0 aromatic heterocycles. The Morgan fingerprint density at radius 3 is 2.48 bits per heavy atom. The number of hydrogen-bond acceptors (Lipinski definition) is 3. The van der Waals surface area contributed by atoms with E-state index in [2.05, 4.69) is 35.3 Å². The molecule has 2 aromatic rings. The minimum absolute atomic E-state index is 0.0387. The third-order valence-corrected chi connectivity index (χ3v) is 5.32. The lowest BCUT2D eigenvalue weighted by Crippen LogP contribution is -2.33. The van der Waals surface area contributed by atoms with Crippen LogP contribution >= 0.6 is 0 Å². The van der Waals surface area contributed by atoms with Crippen LogP contribution in [-0.2, 0) is 17.9 Å². The van der Waals surface area contributed by atoms with Gasteiger partial charge in [0.15, 0.2) is 6.61 Å². The van der Waals surface area contributed by atoms with Crippen LogP contribution < -0.4 is 10.1 Å². The summed E-state index contributed by atoms with van der Waals surface area (Å²) in [4.78, 5) is 14.7. The van der Waals surface area contributed by atoms with Crippen molar-refractivity contribution in [1.82, 2.24) is 10.2 Å². The maximum atomic E-state index is 12.2. The summed E-state index contributed by atoms with van der Waals surface area (Å²) >= 11 is 0. The van der Waals surface area contributed by atoms with E-state index in [1.807, 2.05) is 37.3 Å². The van der Waals surface area contributed by atoms with Crippen LogP contribution in [0.5, 0.6) is 5.75 Å². The molecule has 0 atom stereocenters. The number of likely N-dealkylation sites (tertiary alicyclic amines) is 1. The molecule has 1 aliphatic heterocycles. The number of hydrogen-bond donors (Lipinski definition) is 1. The van der Waals surface area contributed by atoms with Gasteiger partial charge in [0.25, 0.3) is 5.91 Å². The Bertz CT molecular complexity index is 752. The Morgan fingerprint density at radius 2 is 1.74 bits per heavy atom. The van der Waals surface area contributed by atoms with E-state index in [-0.39, 0.29) is 12.5 Å². The second-order valence-corrected chi connectivity index (χ2v) is 7.56. The molecular formula is C23H30N2O2. The van der Waals surface area contributed by atoms with Gasteiger partial charge in [-0.15, -0.1) is 0 Å². The largest absolute Gasteiger partial charge is 0.484 e. The molecule has 4 heteroatoms. The maximum absolute atomic E-state index is 12.2. The van der Waals surface area contributed by atoms with Gasteiger partial charge in [-0.05, 0) is 61.5 Å².